The van der Waals surface area contributed by atoms with Crippen molar-refractivity contribution in [2.75, 3.05) is 24.5 Å². The number of likely N-dealkylation sites (tertiary alicyclic amines) is 1. The summed E-state index contributed by atoms with van der Waals surface area (Å²) in [7, 11) is 0. The molecule has 3 fully saturated rings. The molecule has 1 spiro atoms. The largest absolute Gasteiger partial charge is 0.356 e. The zero-order valence-corrected chi connectivity index (χ0v) is 17.9. The molecular weight excluding hydrogens is 388 g/mol. The average Bonchev–Trinajstić information content (AvgIpc) is 3.14. The molecule has 0 radical (unpaired) electrons. The first-order valence-corrected chi connectivity index (χ1v) is 11.5. The van der Waals surface area contributed by atoms with Crippen molar-refractivity contribution in [3.8, 4) is 0 Å². The molecule has 3 aliphatic rings. The lowest BCUT2D eigenvalue weighted by molar-refractivity contribution is -0.153. The number of aromatic nitrogens is 2. The van der Waals surface area contributed by atoms with Gasteiger partial charge in [0.1, 0.15) is 17.3 Å². The lowest BCUT2D eigenvalue weighted by atomic mass is 9.76. The van der Waals surface area contributed by atoms with E-state index >= 15 is 0 Å². The van der Waals surface area contributed by atoms with Crippen LogP contribution in [0.2, 0.25) is 5.15 Å². The van der Waals surface area contributed by atoms with Crippen molar-refractivity contribution in [2.24, 2.45) is 11.3 Å². The number of unbranched alkanes of at least 4 members (excludes halogenated alkanes) is 1. The van der Waals surface area contributed by atoms with Gasteiger partial charge in [0.05, 0.1) is 0 Å². The van der Waals surface area contributed by atoms with Crippen molar-refractivity contribution in [3.63, 3.8) is 0 Å². The number of nitrogens with zero attached hydrogens (tertiary/aromatic N) is 4. The summed E-state index contributed by atoms with van der Waals surface area (Å²) in [5, 5.41) is 0.484. The summed E-state index contributed by atoms with van der Waals surface area (Å²) < 4.78 is 0. The number of rotatable bonds is 6. The number of amides is 2. The molecule has 2 aliphatic heterocycles. The second-order valence-electron chi connectivity index (χ2n) is 9.12. The number of piperidine rings is 2. The highest BCUT2D eigenvalue weighted by Crippen LogP contribution is 2.46. The summed E-state index contributed by atoms with van der Waals surface area (Å²) in [5.41, 5.74) is 0.00649. The van der Waals surface area contributed by atoms with Crippen molar-refractivity contribution in [1.82, 2.24) is 14.9 Å². The molecule has 1 aromatic heterocycles. The highest BCUT2D eigenvalue weighted by atomic mass is 35.5. The average molecular weight is 419 g/mol. The SMILES string of the molecule is O=C1CC2(CCCC2)CC(=O)N1CCCCC1CCN(c2cc(Cl)ncn2)CC1. The summed E-state index contributed by atoms with van der Waals surface area (Å²) >= 11 is 5.97. The van der Waals surface area contributed by atoms with Gasteiger partial charge in [-0.3, -0.25) is 14.5 Å². The molecule has 0 N–H and O–H groups in total. The first-order valence-electron chi connectivity index (χ1n) is 11.1. The highest BCUT2D eigenvalue weighted by Gasteiger charge is 2.44. The predicted molar refractivity (Wildman–Crippen MR) is 113 cm³/mol. The van der Waals surface area contributed by atoms with Crippen LogP contribution in [0, 0.1) is 11.3 Å². The molecule has 6 nitrogen and oxygen atoms in total. The third kappa shape index (κ3) is 4.90. The van der Waals surface area contributed by atoms with Crippen LogP contribution in [0.4, 0.5) is 5.82 Å². The number of hydrogen-bond acceptors (Lipinski definition) is 5. The Bertz CT molecular complexity index is 722. The minimum atomic E-state index is 0.00649. The normalized spacial score (nSPS) is 22.7. The summed E-state index contributed by atoms with van der Waals surface area (Å²) in [4.78, 5) is 37.2. The van der Waals surface area contributed by atoms with Gasteiger partial charge in [0, 0.05) is 38.5 Å². The molecule has 29 heavy (non-hydrogen) atoms. The Morgan fingerprint density at radius 1 is 1.03 bits per heavy atom. The Kier molecular flexibility index (Phi) is 6.38. The fourth-order valence-corrected chi connectivity index (χ4v) is 5.55. The summed E-state index contributed by atoms with van der Waals surface area (Å²) in [6.45, 7) is 2.58. The zero-order valence-electron chi connectivity index (χ0n) is 17.1. The molecule has 4 rings (SSSR count). The second kappa shape index (κ2) is 8.99. The second-order valence-corrected chi connectivity index (χ2v) is 9.51. The van der Waals surface area contributed by atoms with Crippen LogP contribution >= 0.6 is 11.6 Å². The van der Waals surface area contributed by atoms with Crippen LogP contribution in [-0.4, -0.2) is 46.3 Å². The zero-order chi connectivity index (χ0) is 20.3. The van der Waals surface area contributed by atoms with Gasteiger partial charge >= 0.3 is 0 Å². The van der Waals surface area contributed by atoms with Crippen molar-refractivity contribution in [1.29, 1.82) is 0 Å². The Morgan fingerprint density at radius 3 is 2.38 bits per heavy atom. The Morgan fingerprint density at radius 2 is 1.72 bits per heavy atom. The maximum absolute atomic E-state index is 12.5. The van der Waals surface area contributed by atoms with E-state index in [4.69, 9.17) is 11.6 Å². The molecular formula is C22H31ClN4O2. The summed E-state index contributed by atoms with van der Waals surface area (Å²) in [5.74, 6) is 1.75. The molecule has 158 valence electrons. The minimum absolute atomic E-state index is 0.00649. The van der Waals surface area contributed by atoms with Crippen LogP contribution in [0.3, 0.4) is 0 Å². The first kappa shape index (κ1) is 20.6. The summed E-state index contributed by atoms with van der Waals surface area (Å²) in [6, 6.07) is 1.82. The summed E-state index contributed by atoms with van der Waals surface area (Å²) in [6.07, 6.45) is 12.6. The molecule has 0 atom stereocenters. The molecule has 0 aromatic carbocycles. The van der Waals surface area contributed by atoms with E-state index in [1.807, 2.05) is 6.07 Å². The third-order valence-corrected chi connectivity index (χ3v) is 7.33. The maximum atomic E-state index is 12.5. The molecule has 7 heteroatoms. The number of carbonyl (C=O) groups excluding carboxylic acids is 2. The van der Waals surface area contributed by atoms with Gasteiger partial charge in [-0.1, -0.05) is 37.3 Å². The van der Waals surface area contributed by atoms with E-state index in [1.54, 1.807) is 4.90 Å². The van der Waals surface area contributed by atoms with Crippen molar-refractivity contribution in [2.45, 2.75) is 70.6 Å². The lowest BCUT2D eigenvalue weighted by Gasteiger charge is -2.37. The van der Waals surface area contributed by atoms with Gasteiger partial charge in [0.25, 0.3) is 0 Å². The van der Waals surface area contributed by atoms with Crippen LogP contribution in [0.25, 0.3) is 0 Å². The van der Waals surface area contributed by atoms with Crippen molar-refractivity contribution < 1.29 is 9.59 Å². The standard InChI is InChI=1S/C22H31ClN4O2/c23-18-13-19(25-16-24-18)26-11-6-17(7-12-26)5-1-4-10-27-20(28)14-22(15-21(27)29)8-2-3-9-22/h13,16-17H,1-12,14-15H2. The van der Waals surface area contributed by atoms with Gasteiger partial charge < -0.3 is 4.90 Å². The molecule has 3 heterocycles. The van der Waals surface area contributed by atoms with Gasteiger partial charge in [-0.05, 0) is 43.4 Å². The number of halogens is 1. The molecule has 0 unspecified atom stereocenters. The van der Waals surface area contributed by atoms with E-state index in [9.17, 15) is 9.59 Å². The molecule has 1 saturated carbocycles. The molecule has 1 aliphatic carbocycles. The van der Waals surface area contributed by atoms with Crippen molar-refractivity contribution in [3.05, 3.63) is 17.5 Å². The third-order valence-electron chi connectivity index (χ3n) is 7.12. The van der Waals surface area contributed by atoms with Crippen LogP contribution in [0.1, 0.15) is 70.6 Å². The first-order chi connectivity index (χ1) is 14.0. The van der Waals surface area contributed by atoms with Crippen LogP contribution < -0.4 is 4.90 Å². The quantitative estimate of drug-likeness (QED) is 0.393. The van der Waals surface area contributed by atoms with E-state index in [0.29, 0.717) is 30.5 Å². The minimum Gasteiger partial charge on any atom is -0.356 e. The Balaban J connectivity index is 1.16. The number of anilines is 1. The fourth-order valence-electron chi connectivity index (χ4n) is 5.41. The van der Waals surface area contributed by atoms with Gasteiger partial charge in [0.15, 0.2) is 0 Å². The van der Waals surface area contributed by atoms with Gasteiger partial charge in [-0.25, -0.2) is 9.97 Å². The van der Waals surface area contributed by atoms with Gasteiger partial charge in [-0.2, -0.15) is 0 Å². The van der Waals surface area contributed by atoms with E-state index in [1.165, 1.54) is 25.6 Å². The number of imide groups is 1. The Labute approximate surface area is 178 Å². The molecule has 2 saturated heterocycles. The molecule has 2 amide bonds. The van der Waals surface area contributed by atoms with E-state index in [0.717, 1.165) is 57.4 Å². The van der Waals surface area contributed by atoms with Gasteiger partial charge in [0.2, 0.25) is 11.8 Å². The van der Waals surface area contributed by atoms with Crippen LogP contribution in [0.15, 0.2) is 12.4 Å². The fraction of sp³-hybridized carbons (Fsp3) is 0.727. The monoisotopic (exact) mass is 418 g/mol. The topological polar surface area (TPSA) is 66.4 Å². The maximum Gasteiger partial charge on any atom is 0.229 e. The predicted octanol–water partition coefficient (Wildman–Crippen LogP) is 4.23. The lowest BCUT2D eigenvalue weighted by Crippen LogP contribution is -2.47. The van der Waals surface area contributed by atoms with E-state index in [2.05, 4.69) is 14.9 Å². The van der Waals surface area contributed by atoms with Crippen molar-refractivity contribution >= 4 is 29.2 Å². The number of hydrogen-bond donors (Lipinski definition) is 0. The van der Waals surface area contributed by atoms with Crippen LogP contribution in [-0.2, 0) is 9.59 Å². The van der Waals surface area contributed by atoms with Gasteiger partial charge in [-0.15, -0.1) is 0 Å². The van der Waals surface area contributed by atoms with E-state index in [-0.39, 0.29) is 17.2 Å². The van der Waals surface area contributed by atoms with E-state index < -0.39 is 0 Å². The highest BCUT2D eigenvalue weighted by molar-refractivity contribution is 6.29. The van der Waals surface area contributed by atoms with Crippen LogP contribution in [0.5, 0.6) is 0 Å². The molecule has 1 aromatic rings. The Hall–Kier alpha value is -1.69. The number of carbonyl (C=O) groups is 2. The molecule has 0 bridgehead atoms. The smallest absolute Gasteiger partial charge is 0.229 e.